The van der Waals surface area contributed by atoms with Crippen molar-refractivity contribution >= 4 is 35.2 Å². The first-order valence-electron chi connectivity index (χ1n) is 4.80. The summed E-state index contributed by atoms with van der Waals surface area (Å²) in [6, 6.07) is 0. The van der Waals surface area contributed by atoms with Gasteiger partial charge in [-0.15, -0.1) is 23.4 Å². The molecule has 0 aromatic rings. The van der Waals surface area contributed by atoms with E-state index in [1.54, 1.807) is 17.8 Å². The lowest BCUT2D eigenvalue weighted by molar-refractivity contribution is -0.146. The minimum absolute atomic E-state index is 0.0262. The van der Waals surface area contributed by atoms with Crippen molar-refractivity contribution in [3.8, 4) is 0 Å². The van der Waals surface area contributed by atoms with Gasteiger partial charge in [-0.05, 0) is 12.2 Å². The van der Waals surface area contributed by atoms with Crippen LogP contribution in [0.1, 0.15) is 6.42 Å². The van der Waals surface area contributed by atoms with Crippen LogP contribution in [0.4, 0.5) is 0 Å². The normalized spacial score (nSPS) is 23.8. The number of rotatable bonds is 3. The van der Waals surface area contributed by atoms with Crippen molar-refractivity contribution in [2.75, 3.05) is 11.6 Å². The van der Waals surface area contributed by atoms with Crippen LogP contribution in [0, 0.1) is 0 Å². The molecule has 0 N–H and O–H groups in total. The molecule has 0 aromatic heterocycles. The Balaban J connectivity index is 2.02. The van der Waals surface area contributed by atoms with Gasteiger partial charge in [0.05, 0.1) is 18.1 Å². The molecule has 0 spiro atoms. The van der Waals surface area contributed by atoms with Gasteiger partial charge in [0, 0.05) is 11.6 Å². The molecule has 2 heterocycles. The molecule has 6 heteroatoms. The van der Waals surface area contributed by atoms with Crippen molar-refractivity contribution in [2.45, 2.75) is 11.8 Å². The molecule has 0 radical (unpaired) electrons. The lowest BCUT2D eigenvalue weighted by Gasteiger charge is -2.42. The molecule has 0 unspecified atom stereocenters. The third-order valence-electron chi connectivity index (χ3n) is 2.30. The number of allylic oxidation sites excluding steroid dienone is 1. The largest absolute Gasteiger partial charge is 0.430 e. The lowest BCUT2D eigenvalue weighted by Crippen LogP contribution is -2.53. The molecule has 2 aliphatic rings. The van der Waals surface area contributed by atoms with E-state index in [9.17, 15) is 9.59 Å². The predicted molar refractivity (Wildman–Crippen MR) is 61.7 cm³/mol. The number of β-lactam (4-membered cyclic amide) rings is 1. The van der Waals surface area contributed by atoms with Crippen molar-refractivity contribution in [2.24, 2.45) is 0 Å². The molecule has 2 rings (SSSR count). The minimum atomic E-state index is -0.500. The Morgan fingerprint density at radius 1 is 1.75 bits per heavy atom. The highest BCUT2D eigenvalue weighted by Gasteiger charge is 2.43. The van der Waals surface area contributed by atoms with E-state index < -0.39 is 5.97 Å². The molecule has 86 valence electrons. The number of halogens is 1. The van der Waals surface area contributed by atoms with E-state index in [4.69, 9.17) is 16.3 Å². The fourth-order valence-electron chi connectivity index (χ4n) is 1.53. The summed E-state index contributed by atoms with van der Waals surface area (Å²) in [7, 11) is 0. The monoisotopic (exact) mass is 259 g/mol. The van der Waals surface area contributed by atoms with Crippen LogP contribution in [0.25, 0.3) is 0 Å². The number of carbonyl (C=O) groups is 2. The molecule has 0 aliphatic carbocycles. The van der Waals surface area contributed by atoms with E-state index in [0.29, 0.717) is 12.1 Å². The second-order valence-corrected chi connectivity index (χ2v) is 4.80. The summed E-state index contributed by atoms with van der Waals surface area (Å²) >= 11 is 7.04. The van der Waals surface area contributed by atoms with Crippen LogP contribution in [0.5, 0.6) is 0 Å². The first-order chi connectivity index (χ1) is 7.74. The van der Waals surface area contributed by atoms with Crippen LogP contribution in [0.15, 0.2) is 24.1 Å². The average molecular weight is 260 g/mol. The molecule has 16 heavy (non-hydrogen) atoms. The highest BCUT2D eigenvalue weighted by molar-refractivity contribution is 8.00. The van der Waals surface area contributed by atoms with E-state index >= 15 is 0 Å². The van der Waals surface area contributed by atoms with Crippen molar-refractivity contribution in [1.82, 2.24) is 4.90 Å². The average Bonchev–Trinajstić information content (AvgIpc) is 2.27. The van der Waals surface area contributed by atoms with E-state index in [2.05, 4.69) is 0 Å². The summed E-state index contributed by atoms with van der Waals surface area (Å²) in [6.07, 6.45) is 4.99. The maximum atomic E-state index is 11.6. The highest BCUT2D eigenvalue weighted by Crippen LogP contribution is 2.37. The summed E-state index contributed by atoms with van der Waals surface area (Å²) in [4.78, 5) is 24.4. The Hall–Kier alpha value is -0.940. The van der Waals surface area contributed by atoms with Gasteiger partial charge in [-0.25, -0.2) is 4.79 Å². The number of fused-ring (bicyclic) bond motifs is 1. The van der Waals surface area contributed by atoms with Gasteiger partial charge in [0.25, 0.3) is 0 Å². The maximum absolute atomic E-state index is 11.6. The van der Waals surface area contributed by atoms with Crippen molar-refractivity contribution in [3.05, 3.63) is 24.1 Å². The Morgan fingerprint density at radius 2 is 2.56 bits per heavy atom. The Morgan fingerprint density at radius 3 is 3.25 bits per heavy atom. The second-order valence-electron chi connectivity index (χ2n) is 3.28. The predicted octanol–water partition coefficient (Wildman–Crippen LogP) is 1.47. The summed E-state index contributed by atoms with van der Waals surface area (Å²) in [5.41, 5.74) is 0.347. The number of esters is 1. The van der Waals surface area contributed by atoms with Crippen molar-refractivity contribution in [3.63, 3.8) is 0 Å². The molecule has 1 fully saturated rings. The number of thioether (sulfide) groups is 1. The molecular formula is C10H10ClNO3S. The Labute approximate surface area is 102 Å². The van der Waals surface area contributed by atoms with Gasteiger partial charge in [-0.3, -0.25) is 9.69 Å². The third kappa shape index (κ3) is 2.10. The van der Waals surface area contributed by atoms with E-state index in [1.807, 2.05) is 0 Å². The summed E-state index contributed by atoms with van der Waals surface area (Å²) < 4.78 is 4.85. The quantitative estimate of drug-likeness (QED) is 0.333. The van der Waals surface area contributed by atoms with E-state index in [-0.39, 0.29) is 17.2 Å². The summed E-state index contributed by atoms with van der Waals surface area (Å²) in [5, 5.41) is 0.108. The zero-order valence-electron chi connectivity index (χ0n) is 8.39. The zero-order valence-corrected chi connectivity index (χ0v) is 9.96. The van der Waals surface area contributed by atoms with Crippen molar-refractivity contribution in [1.29, 1.82) is 0 Å². The lowest BCUT2D eigenvalue weighted by atomic mass is 10.1. The van der Waals surface area contributed by atoms with Crippen LogP contribution >= 0.6 is 23.4 Å². The Kier molecular flexibility index (Phi) is 3.56. The topological polar surface area (TPSA) is 46.6 Å². The van der Waals surface area contributed by atoms with Crippen LogP contribution in [-0.2, 0) is 14.3 Å². The molecule has 1 saturated heterocycles. The first kappa shape index (κ1) is 11.5. The van der Waals surface area contributed by atoms with Gasteiger partial charge < -0.3 is 4.74 Å². The molecule has 0 bridgehead atoms. The van der Waals surface area contributed by atoms with Gasteiger partial charge >= 0.3 is 5.97 Å². The summed E-state index contributed by atoms with van der Waals surface area (Å²) in [5.74, 6) is 0.493. The fourth-order valence-corrected chi connectivity index (χ4v) is 2.72. The molecule has 1 amide bonds. The fraction of sp³-hybridized carbons (Fsp3) is 0.400. The molecule has 0 aromatic carbocycles. The van der Waals surface area contributed by atoms with E-state index in [1.165, 1.54) is 17.2 Å². The van der Waals surface area contributed by atoms with Crippen LogP contribution < -0.4 is 0 Å². The number of amides is 1. The van der Waals surface area contributed by atoms with Crippen molar-refractivity contribution < 1.29 is 14.3 Å². The van der Waals surface area contributed by atoms with Gasteiger partial charge in [-0.2, -0.15) is 0 Å². The molecule has 4 nitrogen and oxygen atoms in total. The third-order valence-corrected chi connectivity index (χ3v) is 3.60. The summed E-state index contributed by atoms with van der Waals surface area (Å²) in [6.45, 7) is 0. The van der Waals surface area contributed by atoms with Gasteiger partial charge in [0.2, 0.25) is 5.91 Å². The smallest absolute Gasteiger partial charge is 0.359 e. The number of hydrogen-bond acceptors (Lipinski definition) is 4. The SMILES string of the molecule is O=C(OC=CCCl)C1=CCS[C@@H]2CC(=O)N12. The highest BCUT2D eigenvalue weighted by atomic mass is 35.5. The molecular weight excluding hydrogens is 250 g/mol. The number of nitrogens with zero attached hydrogens (tertiary/aromatic N) is 1. The standard InChI is InChI=1S/C10H10ClNO3S/c11-3-1-4-15-10(14)7-2-5-16-9-6-8(13)12(7)9/h1-2,4,9H,3,5-6H2/t9-/m1/s1. The first-order valence-corrected chi connectivity index (χ1v) is 6.38. The molecule has 1 atom stereocenters. The number of hydrogen-bond donors (Lipinski definition) is 0. The van der Waals surface area contributed by atoms with Crippen LogP contribution in [0.3, 0.4) is 0 Å². The maximum Gasteiger partial charge on any atom is 0.359 e. The van der Waals surface area contributed by atoms with Crippen LogP contribution in [-0.4, -0.2) is 33.8 Å². The molecule has 0 saturated carbocycles. The van der Waals surface area contributed by atoms with E-state index in [0.717, 1.165) is 5.75 Å². The molecule has 2 aliphatic heterocycles. The van der Waals surface area contributed by atoms with Crippen LogP contribution in [0.2, 0.25) is 0 Å². The minimum Gasteiger partial charge on any atom is -0.430 e. The van der Waals surface area contributed by atoms with Gasteiger partial charge in [-0.1, -0.05) is 0 Å². The number of ether oxygens (including phenoxy) is 1. The zero-order chi connectivity index (χ0) is 11.5. The second kappa shape index (κ2) is 4.93. The number of carbonyl (C=O) groups excluding carboxylic acids is 2. The number of alkyl halides is 1. The van der Waals surface area contributed by atoms with Gasteiger partial charge in [0.15, 0.2) is 0 Å². The Bertz CT molecular complexity index is 380. The van der Waals surface area contributed by atoms with Gasteiger partial charge in [0.1, 0.15) is 5.70 Å².